The molecule has 1 amide bonds. The van der Waals surface area contributed by atoms with Crippen molar-refractivity contribution >= 4 is 11.6 Å². The summed E-state index contributed by atoms with van der Waals surface area (Å²) in [5.41, 5.74) is 2.55. The van der Waals surface area contributed by atoms with Gasteiger partial charge in [0.05, 0.1) is 14.2 Å². The van der Waals surface area contributed by atoms with E-state index in [1.54, 1.807) is 32.4 Å². The maximum Gasteiger partial charge on any atom is 0.255 e. The monoisotopic (exact) mass is 382 g/mol. The van der Waals surface area contributed by atoms with Crippen molar-refractivity contribution in [2.45, 2.75) is 38.1 Å². The Balaban J connectivity index is 1.71. The van der Waals surface area contributed by atoms with E-state index in [4.69, 9.17) is 9.47 Å². The first-order valence-corrected chi connectivity index (χ1v) is 9.93. The van der Waals surface area contributed by atoms with Crippen LogP contribution < -0.4 is 14.8 Å². The number of piperidine rings is 1. The SMILES string of the molecule is COc1cc(OC)cc(C(=O)Nc2ccccc2CCC2CCCCN2C)c1. The van der Waals surface area contributed by atoms with Crippen molar-refractivity contribution in [3.8, 4) is 11.5 Å². The van der Waals surface area contributed by atoms with Crippen molar-refractivity contribution in [2.75, 3.05) is 33.1 Å². The number of aryl methyl sites for hydroxylation is 1. The average Bonchev–Trinajstić information content (AvgIpc) is 2.73. The summed E-state index contributed by atoms with van der Waals surface area (Å²) in [6.07, 6.45) is 5.92. The third kappa shape index (κ3) is 5.04. The Kier molecular flexibility index (Phi) is 6.93. The molecule has 0 bridgehead atoms. The third-order valence-electron chi connectivity index (χ3n) is 5.55. The summed E-state index contributed by atoms with van der Waals surface area (Å²) in [4.78, 5) is 15.3. The van der Waals surface area contributed by atoms with Crippen LogP contribution in [0.25, 0.3) is 0 Å². The van der Waals surface area contributed by atoms with E-state index in [0.29, 0.717) is 23.1 Å². The molecule has 1 fully saturated rings. The first-order valence-electron chi connectivity index (χ1n) is 9.93. The normalized spacial score (nSPS) is 17.2. The maximum absolute atomic E-state index is 12.8. The third-order valence-corrected chi connectivity index (χ3v) is 5.55. The van der Waals surface area contributed by atoms with Crippen LogP contribution in [0, 0.1) is 0 Å². The van der Waals surface area contributed by atoms with Crippen LogP contribution in [-0.4, -0.2) is 44.7 Å². The minimum absolute atomic E-state index is 0.167. The number of carbonyl (C=O) groups excluding carboxylic acids is 1. The van der Waals surface area contributed by atoms with E-state index in [2.05, 4.69) is 23.3 Å². The van der Waals surface area contributed by atoms with E-state index < -0.39 is 0 Å². The smallest absolute Gasteiger partial charge is 0.255 e. The number of methoxy groups -OCH3 is 2. The van der Waals surface area contributed by atoms with E-state index in [1.807, 2.05) is 18.2 Å². The quantitative estimate of drug-likeness (QED) is 0.772. The summed E-state index contributed by atoms with van der Waals surface area (Å²) in [6.45, 7) is 1.18. The Morgan fingerprint density at radius 2 is 1.82 bits per heavy atom. The van der Waals surface area contributed by atoms with Gasteiger partial charge in [-0.3, -0.25) is 4.79 Å². The van der Waals surface area contributed by atoms with Gasteiger partial charge < -0.3 is 19.7 Å². The Labute approximate surface area is 167 Å². The molecule has 28 heavy (non-hydrogen) atoms. The van der Waals surface area contributed by atoms with Crippen molar-refractivity contribution in [1.82, 2.24) is 4.90 Å². The van der Waals surface area contributed by atoms with Crippen LogP contribution >= 0.6 is 0 Å². The molecule has 0 spiro atoms. The number of benzene rings is 2. The van der Waals surface area contributed by atoms with Gasteiger partial charge in [0.2, 0.25) is 0 Å². The van der Waals surface area contributed by atoms with Gasteiger partial charge in [0.15, 0.2) is 0 Å². The molecule has 2 aromatic carbocycles. The number of nitrogens with one attached hydrogen (secondary N) is 1. The number of rotatable bonds is 7. The molecule has 0 saturated carbocycles. The average molecular weight is 383 g/mol. The standard InChI is InChI=1S/C23H30N2O3/c1-25-13-7-6-9-19(25)12-11-17-8-4-5-10-22(17)24-23(26)18-14-20(27-2)16-21(15-18)28-3/h4-5,8,10,14-16,19H,6-7,9,11-13H2,1-3H3,(H,24,26). The Hall–Kier alpha value is -2.53. The number of likely N-dealkylation sites (tertiary alicyclic amines) is 1. The van der Waals surface area contributed by atoms with Crippen LogP contribution in [0.4, 0.5) is 5.69 Å². The van der Waals surface area contributed by atoms with Gasteiger partial charge in [-0.1, -0.05) is 24.6 Å². The van der Waals surface area contributed by atoms with E-state index in [0.717, 1.165) is 18.5 Å². The van der Waals surface area contributed by atoms with Gasteiger partial charge in [0.25, 0.3) is 5.91 Å². The molecule has 2 aromatic rings. The molecule has 0 radical (unpaired) electrons. The lowest BCUT2D eigenvalue weighted by atomic mass is 9.96. The molecule has 1 aliphatic heterocycles. The molecule has 5 nitrogen and oxygen atoms in total. The molecule has 1 aliphatic rings. The molecule has 3 rings (SSSR count). The van der Waals surface area contributed by atoms with Gasteiger partial charge in [-0.15, -0.1) is 0 Å². The van der Waals surface area contributed by atoms with Crippen molar-refractivity contribution in [2.24, 2.45) is 0 Å². The lowest BCUT2D eigenvalue weighted by Crippen LogP contribution is -2.36. The van der Waals surface area contributed by atoms with E-state index in [1.165, 1.54) is 31.4 Å². The zero-order chi connectivity index (χ0) is 19.9. The Morgan fingerprint density at radius 3 is 2.50 bits per heavy atom. The molecular weight excluding hydrogens is 352 g/mol. The fourth-order valence-electron chi connectivity index (χ4n) is 3.82. The van der Waals surface area contributed by atoms with Crippen molar-refractivity contribution in [1.29, 1.82) is 0 Å². The molecule has 1 unspecified atom stereocenters. The molecule has 1 N–H and O–H groups in total. The summed E-state index contributed by atoms with van der Waals surface area (Å²) in [5.74, 6) is 1.02. The highest BCUT2D eigenvalue weighted by atomic mass is 16.5. The maximum atomic E-state index is 12.8. The summed E-state index contributed by atoms with van der Waals surface area (Å²) in [7, 11) is 5.37. The van der Waals surface area contributed by atoms with E-state index >= 15 is 0 Å². The minimum atomic E-state index is -0.167. The highest BCUT2D eigenvalue weighted by Gasteiger charge is 2.19. The highest BCUT2D eigenvalue weighted by molar-refractivity contribution is 6.05. The second-order valence-corrected chi connectivity index (χ2v) is 7.38. The number of amides is 1. The van der Waals surface area contributed by atoms with Gasteiger partial charge >= 0.3 is 0 Å². The predicted molar refractivity (Wildman–Crippen MR) is 113 cm³/mol. The van der Waals surface area contributed by atoms with Crippen LogP contribution in [0.1, 0.15) is 41.6 Å². The predicted octanol–water partition coefficient (Wildman–Crippen LogP) is 4.37. The van der Waals surface area contributed by atoms with E-state index in [-0.39, 0.29) is 5.91 Å². The number of nitrogens with zero attached hydrogens (tertiary/aromatic N) is 1. The van der Waals surface area contributed by atoms with Crippen LogP contribution in [-0.2, 0) is 6.42 Å². The largest absolute Gasteiger partial charge is 0.497 e. The summed E-state index contributed by atoms with van der Waals surface area (Å²) < 4.78 is 10.5. The van der Waals surface area contributed by atoms with Crippen LogP contribution in [0.15, 0.2) is 42.5 Å². The van der Waals surface area contributed by atoms with Crippen LogP contribution in [0.2, 0.25) is 0 Å². The molecule has 150 valence electrons. The lowest BCUT2D eigenvalue weighted by molar-refractivity contribution is 0.102. The minimum Gasteiger partial charge on any atom is -0.497 e. The van der Waals surface area contributed by atoms with Crippen LogP contribution in [0.3, 0.4) is 0 Å². The first kappa shape index (κ1) is 20.2. The zero-order valence-electron chi connectivity index (χ0n) is 17.0. The highest BCUT2D eigenvalue weighted by Crippen LogP contribution is 2.25. The fraction of sp³-hybridized carbons (Fsp3) is 0.435. The van der Waals surface area contributed by atoms with Gasteiger partial charge in [0, 0.05) is 23.4 Å². The van der Waals surface area contributed by atoms with Crippen LogP contribution in [0.5, 0.6) is 11.5 Å². The van der Waals surface area contributed by atoms with Gasteiger partial charge in [-0.05, 0) is 63.0 Å². The topological polar surface area (TPSA) is 50.8 Å². The number of hydrogen-bond acceptors (Lipinski definition) is 4. The molecular formula is C23H30N2O3. The number of para-hydroxylation sites is 1. The first-order chi connectivity index (χ1) is 13.6. The van der Waals surface area contributed by atoms with Gasteiger partial charge in [-0.2, -0.15) is 0 Å². The number of anilines is 1. The van der Waals surface area contributed by atoms with Crippen molar-refractivity contribution < 1.29 is 14.3 Å². The molecule has 5 heteroatoms. The van der Waals surface area contributed by atoms with Gasteiger partial charge in [-0.25, -0.2) is 0 Å². The Morgan fingerprint density at radius 1 is 1.11 bits per heavy atom. The molecule has 1 heterocycles. The number of ether oxygens (including phenoxy) is 2. The summed E-state index contributed by atoms with van der Waals surface area (Å²) in [5, 5.41) is 3.06. The molecule has 0 aromatic heterocycles. The second kappa shape index (κ2) is 9.60. The summed E-state index contributed by atoms with van der Waals surface area (Å²) >= 11 is 0. The van der Waals surface area contributed by atoms with Gasteiger partial charge in [0.1, 0.15) is 11.5 Å². The van der Waals surface area contributed by atoms with E-state index in [9.17, 15) is 4.79 Å². The molecule has 1 atom stereocenters. The summed E-state index contributed by atoms with van der Waals surface area (Å²) in [6, 6.07) is 13.9. The molecule has 0 aliphatic carbocycles. The number of carbonyl (C=O) groups is 1. The molecule has 1 saturated heterocycles. The van der Waals surface area contributed by atoms with Crippen molar-refractivity contribution in [3.63, 3.8) is 0 Å². The second-order valence-electron chi connectivity index (χ2n) is 7.38. The fourth-order valence-corrected chi connectivity index (χ4v) is 3.82. The Bertz CT molecular complexity index is 784. The lowest BCUT2D eigenvalue weighted by Gasteiger charge is -2.32. The zero-order valence-corrected chi connectivity index (χ0v) is 17.0. The number of hydrogen-bond donors (Lipinski definition) is 1. The van der Waals surface area contributed by atoms with Crippen molar-refractivity contribution in [3.05, 3.63) is 53.6 Å².